The maximum Gasteiger partial charge on any atom is 0.0680 e. The van der Waals surface area contributed by atoms with E-state index < -0.39 is 0 Å². The van der Waals surface area contributed by atoms with Crippen LogP contribution < -0.4 is 5.32 Å². The number of fused-ring (bicyclic) bond motifs is 1. The summed E-state index contributed by atoms with van der Waals surface area (Å²) in [5, 5.41) is 13.0. The lowest BCUT2D eigenvalue weighted by molar-refractivity contribution is 0.186. The Hall–Kier alpha value is -0.900. The molecule has 98 valence electrons. The van der Waals surface area contributed by atoms with Gasteiger partial charge < -0.3 is 10.4 Å². The number of rotatable bonds is 2. The minimum atomic E-state index is -0.144. The van der Waals surface area contributed by atoms with Crippen LogP contribution in [-0.4, -0.2) is 41.8 Å². The van der Waals surface area contributed by atoms with Crippen molar-refractivity contribution >= 4 is 0 Å². The molecule has 3 nitrogen and oxygen atoms in total. The zero-order valence-corrected chi connectivity index (χ0v) is 10.8. The SMILES string of the molecule is OC1CNC(CN2CCCc3ccccc3C2)C1. The van der Waals surface area contributed by atoms with Crippen LogP contribution in [0.4, 0.5) is 0 Å². The second-order valence-corrected chi connectivity index (χ2v) is 5.60. The number of benzene rings is 1. The summed E-state index contributed by atoms with van der Waals surface area (Å²) >= 11 is 0. The molecule has 18 heavy (non-hydrogen) atoms. The van der Waals surface area contributed by atoms with Gasteiger partial charge in [0.2, 0.25) is 0 Å². The fraction of sp³-hybridized carbons (Fsp3) is 0.600. The molecule has 0 bridgehead atoms. The average Bonchev–Trinajstić information content (AvgIpc) is 2.66. The van der Waals surface area contributed by atoms with E-state index in [1.54, 1.807) is 0 Å². The van der Waals surface area contributed by atoms with Crippen molar-refractivity contribution in [1.29, 1.82) is 0 Å². The molecule has 3 rings (SSSR count). The quantitative estimate of drug-likeness (QED) is 0.822. The van der Waals surface area contributed by atoms with Crippen LogP contribution in [0.3, 0.4) is 0 Å². The third-order valence-electron chi connectivity index (χ3n) is 4.11. The first-order chi connectivity index (χ1) is 8.81. The van der Waals surface area contributed by atoms with E-state index in [0.29, 0.717) is 6.04 Å². The van der Waals surface area contributed by atoms with Crippen molar-refractivity contribution in [2.45, 2.75) is 38.0 Å². The summed E-state index contributed by atoms with van der Waals surface area (Å²) in [6, 6.07) is 9.26. The largest absolute Gasteiger partial charge is 0.392 e. The van der Waals surface area contributed by atoms with Crippen molar-refractivity contribution in [1.82, 2.24) is 10.2 Å². The van der Waals surface area contributed by atoms with E-state index in [-0.39, 0.29) is 6.10 Å². The van der Waals surface area contributed by atoms with E-state index in [4.69, 9.17) is 0 Å². The lowest BCUT2D eigenvalue weighted by Crippen LogP contribution is -2.37. The van der Waals surface area contributed by atoms with E-state index in [2.05, 4.69) is 34.5 Å². The Labute approximate surface area is 109 Å². The van der Waals surface area contributed by atoms with Gasteiger partial charge >= 0.3 is 0 Å². The number of hydrogen-bond donors (Lipinski definition) is 2. The number of β-amino-alcohol motifs (C(OH)–C–C–N with tert-alkyl or cyclic N) is 1. The number of hydrogen-bond acceptors (Lipinski definition) is 3. The number of aryl methyl sites for hydroxylation is 1. The zero-order chi connectivity index (χ0) is 12.4. The monoisotopic (exact) mass is 246 g/mol. The van der Waals surface area contributed by atoms with Crippen LogP contribution in [0.25, 0.3) is 0 Å². The summed E-state index contributed by atoms with van der Waals surface area (Å²) in [5.41, 5.74) is 2.99. The van der Waals surface area contributed by atoms with Gasteiger partial charge in [-0.05, 0) is 36.9 Å². The molecular formula is C15H22N2O. The molecule has 1 aromatic rings. The number of nitrogens with zero attached hydrogens (tertiary/aromatic N) is 1. The van der Waals surface area contributed by atoms with Crippen LogP contribution in [0.1, 0.15) is 24.0 Å². The second kappa shape index (κ2) is 5.39. The Bertz CT molecular complexity index is 407. The lowest BCUT2D eigenvalue weighted by Gasteiger charge is -2.24. The normalized spacial score (nSPS) is 28.9. The molecule has 2 N–H and O–H groups in total. The van der Waals surface area contributed by atoms with E-state index in [1.165, 1.54) is 30.5 Å². The van der Waals surface area contributed by atoms with Crippen molar-refractivity contribution in [3.8, 4) is 0 Å². The van der Waals surface area contributed by atoms with Gasteiger partial charge in [0.05, 0.1) is 6.10 Å². The highest BCUT2D eigenvalue weighted by molar-refractivity contribution is 5.28. The molecule has 0 aliphatic carbocycles. The van der Waals surface area contributed by atoms with Crippen molar-refractivity contribution in [3.05, 3.63) is 35.4 Å². The second-order valence-electron chi connectivity index (χ2n) is 5.60. The lowest BCUT2D eigenvalue weighted by atomic mass is 10.0. The molecule has 0 radical (unpaired) electrons. The fourth-order valence-corrected chi connectivity index (χ4v) is 3.17. The van der Waals surface area contributed by atoms with Crippen LogP contribution in [0.2, 0.25) is 0 Å². The van der Waals surface area contributed by atoms with Crippen LogP contribution >= 0.6 is 0 Å². The standard InChI is InChI=1S/C15H22N2O/c18-15-8-14(16-9-15)11-17-7-3-6-12-4-1-2-5-13(12)10-17/h1-2,4-5,14-16,18H,3,6-11H2. The Morgan fingerprint density at radius 1 is 1.28 bits per heavy atom. The van der Waals surface area contributed by atoms with Crippen LogP contribution in [0.5, 0.6) is 0 Å². The van der Waals surface area contributed by atoms with Gasteiger partial charge in [0.25, 0.3) is 0 Å². The Kier molecular flexibility index (Phi) is 3.64. The third kappa shape index (κ3) is 2.74. The van der Waals surface area contributed by atoms with Gasteiger partial charge in [-0.3, -0.25) is 4.90 Å². The molecule has 1 saturated heterocycles. The van der Waals surface area contributed by atoms with E-state index >= 15 is 0 Å². The molecule has 2 aliphatic rings. The maximum absolute atomic E-state index is 9.56. The number of aliphatic hydroxyl groups is 1. The Morgan fingerprint density at radius 3 is 2.89 bits per heavy atom. The molecule has 1 fully saturated rings. The number of nitrogens with one attached hydrogen (secondary N) is 1. The fourth-order valence-electron chi connectivity index (χ4n) is 3.17. The molecule has 1 aromatic carbocycles. The zero-order valence-electron chi connectivity index (χ0n) is 10.8. The topological polar surface area (TPSA) is 35.5 Å². The molecule has 0 saturated carbocycles. The summed E-state index contributed by atoms with van der Waals surface area (Å²) < 4.78 is 0. The predicted octanol–water partition coefficient (Wildman–Crippen LogP) is 1.16. The molecule has 2 unspecified atom stereocenters. The molecule has 0 amide bonds. The summed E-state index contributed by atoms with van der Waals surface area (Å²) in [6.07, 6.45) is 3.20. The molecule has 2 aliphatic heterocycles. The predicted molar refractivity (Wildman–Crippen MR) is 72.5 cm³/mol. The molecule has 0 spiro atoms. The van der Waals surface area contributed by atoms with Gasteiger partial charge in [0, 0.05) is 25.7 Å². The highest BCUT2D eigenvalue weighted by atomic mass is 16.3. The highest BCUT2D eigenvalue weighted by Gasteiger charge is 2.24. The van der Waals surface area contributed by atoms with Gasteiger partial charge in [-0.1, -0.05) is 24.3 Å². The summed E-state index contributed by atoms with van der Waals surface area (Å²) in [4.78, 5) is 2.53. The minimum absolute atomic E-state index is 0.144. The average molecular weight is 246 g/mol. The Balaban J connectivity index is 1.64. The van der Waals surface area contributed by atoms with Crippen molar-refractivity contribution in [2.75, 3.05) is 19.6 Å². The van der Waals surface area contributed by atoms with Crippen molar-refractivity contribution in [2.24, 2.45) is 0 Å². The molecule has 0 aromatic heterocycles. The molecule has 3 heteroatoms. The van der Waals surface area contributed by atoms with E-state index in [9.17, 15) is 5.11 Å². The molecule has 2 atom stereocenters. The first-order valence-electron chi connectivity index (χ1n) is 7.02. The first kappa shape index (κ1) is 12.2. The van der Waals surface area contributed by atoms with Gasteiger partial charge in [-0.15, -0.1) is 0 Å². The summed E-state index contributed by atoms with van der Waals surface area (Å²) in [5.74, 6) is 0. The van der Waals surface area contributed by atoms with Gasteiger partial charge in [0.1, 0.15) is 0 Å². The molecule has 2 heterocycles. The van der Waals surface area contributed by atoms with Crippen molar-refractivity contribution < 1.29 is 5.11 Å². The maximum atomic E-state index is 9.56. The highest BCUT2D eigenvalue weighted by Crippen LogP contribution is 2.19. The van der Waals surface area contributed by atoms with Gasteiger partial charge in [-0.2, -0.15) is 0 Å². The number of aliphatic hydroxyl groups excluding tert-OH is 1. The first-order valence-corrected chi connectivity index (χ1v) is 7.02. The van der Waals surface area contributed by atoms with Gasteiger partial charge in [-0.25, -0.2) is 0 Å². The van der Waals surface area contributed by atoms with E-state index in [0.717, 1.165) is 26.1 Å². The smallest absolute Gasteiger partial charge is 0.0680 e. The minimum Gasteiger partial charge on any atom is -0.392 e. The third-order valence-corrected chi connectivity index (χ3v) is 4.11. The van der Waals surface area contributed by atoms with Crippen LogP contribution in [-0.2, 0) is 13.0 Å². The summed E-state index contributed by atoms with van der Waals surface area (Å²) in [6.45, 7) is 4.05. The van der Waals surface area contributed by atoms with Crippen LogP contribution in [0, 0.1) is 0 Å². The van der Waals surface area contributed by atoms with Crippen molar-refractivity contribution in [3.63, 3.8) is 0 Å². The molecular weight excluding hydrogens is 224 g/mol. The van der Waals surface area contributed by atoms with Crippen LogP contribution in [0.15, 0.2) is 24.3 Å². The Morgan fingerprint density at radius 2 is 2.11 bits per heavy atom. The van der Waals surface area contributed by atoms with E-state index in [1.807, 2.05) is 0 Å². The summed E-state index contributed by atoms with van der Waals surface area (Å²) in [7, 11) is 0. The van der Waals surface area contributed by atoms with Gasteiger partial charge in [0.15, 0.2) is 0 Å².